The van der Waals surface area contributed by atoms with Crippen LogP contribution in [0.1, 0.15) is 60.4 Å². The number of hydrogen-bond donors (Lipinski definition) is 1. The molecular weight excluding hydrogens is 332 g/mol. The van der Waals surface area contributed by atoms with Crippen molar-refractivity contribution in [2.24, 2.45) is 0 Å². The van der Waals surface area contributed by atoms with Crippen molar-refractivity contribution in [3.8, 4) is 0 Å². The minimum Gasteiger partial charge on any atom is -0.345 e. The molecule has 8 nitrogen and oxygen atoms in total. The van der Waals surface area contributed by atoms with Gasteiger partial charge in [0.15, 0.2) is 0 Å². The molecule has 1 aliphatic rings. The largest absolute Gasteiger partial charge is 0.345 e. The van der Waals surface area contributed by atoms with Crippen LogP contribution in [0.2, 0.25) is 0 Å². The number of imidazole rings is 1. The second-order valence-electron chi connectivity index (χ2n) is 6.52. The Kier molecular flexibility index (Phi) is 5.29. The second-order valence-corrected chi connectivity index (χ2v) is 6.52. The monoisotopic (exact) mass is 356 g/mol. The van der Waals surface area contributed by atoms with Crippen LogP contribution in [0.5, 0.6) is 0 Å². The molecule has 0 saturated heterocycles. The summed E-state index contributed by atoms with van der Waals surface area (Å²) in [5.41, 5.74) is 1.88. The van der Waals surface area contributed by atoms with Crippen LogP contribution in [-0.2, 0) is 17.9 Å². The molecule has 1 unspecified atom stereocenters. The summed E-state index contributed by atoms with van der Waals surface area (Å²) in [4.78, 5) is 39.3. The number of hydrogen-bond acceptors (Lipinski definition) is 5. The average molecular weight is 356 g/mol. The van der Waals surface area contributed by atoms with Gasteiger partial charge in [0, 0.05) is 31.9 Å². The van der Waals surface area contributed by atoms with Crippen LogP contribution in [0.25, 0.3) is 0 Å². The third-order valence-electron chi connectivity index (χ3n) is 4.51. The lowest BCUT2D eigenvalue weighted by Gasteiger charge is -2.33. The summed E-state index contributed by atoms with van der Waals surface area (Å²) in [5.74, 6) is 0.632. The highest BCUT2D eigenvalue weighted by Gasteiger charge is 2.30. The number of amides is 2. The molecule has 0 aromatic carbocycles. The molecule has 3 rings (SSSR count). The maximum absolute atomic E-state index is 12.4. The van der Waals surface area contributed by atoms with E-state index in [0.29, 0.717) is 37.4 Å². The summed E-state index contributed by atoms with van der Waals surface area (Å²) in [6.45, 7) is 7.40. The van der Waals surface area contributed by atoms with Gasteiger partial charge in [0.05, 0.1) is 30.2 Å². The van der Waals surface area contributed by atoms with E-state index in [4.69, 9.17) is 0 Å². The molecule has 0 aliphatic carbocycles. The molecule has 0 radical (unpaired) electrons. The standard InChI is InChI=1S/C18H24N6O2/c1-4-5-16(25)24-7-6-23-11-15(22-17(23)13(24)3)18(26)21-10-14-9-19-12(2)8-20-14/h8-9,11,13H,4-7,10H2,1-3H3,(H,21,26). The van der Waals surface area contributed by atoms with Crippen LogP contribution in [0.15, 0.2) is 18.6 Å². The Hall–Kier alpha value is -2.77. The zero-order valence-electron chi connectivity index (χ0n) is 15.4. The number of aryl methyl sites for hydroxylation is 1. The Morgan fingerprint density at radius 3 is 2.77 bits per heavy atom. The Bertz CT molecular complexity index is 799. The third-order valence-corrected chi connectivity index (χ3v) is 4.51. The number of carbonyl (C=O) groups excluding carboxylic acids is 2. The van der Waals surface area contributed by atoms with Crippen LogP contribution in [0, 0.1) is 6.92 Å². The number of fused-ring (bicyclic) bond motifs is 1. The summed E-state index contributed by atoms with van der Waals surface area (Å²) in [5, 5.41) is 2.82. The van der Waals surface area contributed by atoms with Crippen molar-refractivity contribution < 1.29 is 9.59 Å². The lowest BCUT2D eigenvalue weighted by atomic mass is 10.2. The van der Waals surface area contributed by atoms with Crippen molar-refractivity contribution in [1.82, 2.24) is 29.7 Å². The van der Waals surface area contributed by atoms with Crippen molar-refractivity contribution in [3.05, 3.63) is 41.5 Å². The fraction of sp³-hybridized carbons (Fsp3) is 0.500. The van der Waals surface area contributed by atoms with E-state index in [0.717, 1.165) is 17.9 Å². The van der Waals surface area contributed by atoms with Gasteiger partial charge in [0.25, 0.3) is 5.91 Å². The topological polar surface area (TPSA) is 93.0 Å². The van der Waals surface area contributed by atoms with Crippen LogP contribution in [-0.4, -0.2) is 42.8 Å². The smallest absolute Gasteiger partial charge is 0.271 e. The number of nitrogens with one attached hydrogen (secondary N) is 1. The molecule has 0 fully saturated rings. The summed E-state index contributed by atoms with van der Waals surface area (Å²) in [7, 11) is 0. The van der Waals surface area contributed by atoms with E-state index < -0.39 is 0 Å². The van der Waals surface area contributed by atoms with Gasteiger partial charge in [0.1, 0.15) is 11.5 Å². The summed E-state index contributed by atoms with van der Waals surface area (Å²) in [6.07, 6.45) is 6.43. The second kappa shape index (κ2) is 7.63. The molecule has 0 spiro atoms. The van der Waals surface area contributed by atoms with Gasteiger partial charge in [0.2, 0.25) is 5.91 Å². The zero-order valence-corrected chi connectivity index (χ0v) is 15.4. The molecule has 3 heterocycles. The molecular formula is C18H24N6O2. The molecule has 8 heteroatoms. The van der Waals surface area contributed by atoms with Gasteiger partial charge in [-0.1, -0.05) is 6.92 Å². The van der Waals surface area contributed by atoms with Gasteiger partial charge < -0.3 is 14.8 Å². The Morgan fingerprint density at radius 2 is 2.08 bits per heavy atom. The van der Waals surface area contributed by atoms with Gasteiger partial charge in [-0.25, -0.2) is 4.98 Å². The van der Waals surface area contributed by atoms with E-state index in [9.17, 15) is 9.59 Å². The maximum Gasteiger partial charge on any atom is 0.271 e. The van der Waals surface area contributed by atoms with Gasteiger partial charge in [-0.2, -0.15) is 0 Å². The first-order valence-corrected chi connectivity index (χ1v) is 8.91. The molecule has 2 aromatic heterocycles. The van der Waals surface area contributed by atoms with Crippen molar-refractivity contribution in [3.63, 3.8) is 0 Å². The fourth-order valence-electron chi connectivity index (χ4n) is 3.07. The van der Waals surface area contributed by atoms with Crippen LogP contribution < -0.4 is 5.32 Å². The van der Waals surface area contributed by atoms with Crippen LogP contribution in [0.3, 0.4) is 0 Å². The fourth-order valence-corrected chi connectivity index (χ4v) is 3.07. The third kappa shape index (κ3) is 3.74. The molecule has 2 amide bonds. The van der Waals surface area contributed by atoms with Gasteiger partial charge >= 0.3 is 0 Å². The Labute approximate surface area is 152 Å². The molecule has 138 valence electrons. The molecule has 1 N–H and O–H groups in total. The summed E-state index contributed by atoms with van der Waals surface area (Å²) in [6, 6.07) is -0.132. The van der Waals surface area contributed by atoms with E-state index in [1.807, 2.05) is 30.2 Å². The van der Waals surface area contributed by atoms with Gasteiger partial charge in [-0.05, 0) is 20.3 Å². The van der Waals surface area contributed by atoms with E-state index in [1.54, 1.807) is 18.6 Å². The van der Waals surface area contributed by atoms with Crippen molar-refractivity contribution >= 4 is 11.8 Å². The summed E-state index contributed by atoms with van der Waals surface area (Å²) < 4.78 is 1.96. The molecule has 1 atom stereocenters. The zero-order chi connectivity index (χ0) is 18.7. The molecule has 26 heavy (non-hydrogen) atoms. The lowest BCUT2D eigenvalue weighted by Crippen LogP contribution is -2.40. The highest BCUT2D eigenvalue weighted by atomic mass is 16.2. The number of nitrogens with zero attached hydrogens (tertiary/aromatic N) is 5. The number of aromatic nitrogens is 4. The lowest BCUT2D eigenvalue weighted by molar-refractivity contribution is -0.134. The first kappa shape index (κ1) is 18.0. The van der Waals surface area contributed by atoms with E-state index in [-0.39, 0.29) is 17.9 Å². The molecule has 2 aromatic rings. The number of rotatable bonds is 5. The minimum atomic E-state index is -0.257. The Morgan fingerprint density at radius 1 is 1.27 bits per heavy atom. The van der Waals surface area contributed by atoms with Crippen molar-refractivity contribution in [2.75, 3.05) is 6.54 Å². The molecule has 1 aliphatic heterocycles. The van der Waals surface area contributed by atoms with E-state index in [1.165, 1.54) is 0 Å². The average Bonchev–Trinajstić information content (AvgIpc) is 3.07. The highest BCUT2D eigenvalue weighted by molar-refractivity contribution is 5.92. The quantitative estimate of drug-likeness (QED) is 0.879. The van der Waals surface area contributed by atoms with Crippen molar-refractivity contribution in [1.29, 1.82) is 0 Å². The van der Waals surface area contributed by atoms with Gasteiger partial charge in [-0.15, -0.1) is 0 Å². The van der Waals surface area contributed by atoms with Crippen molar-refractivity contribution in [2.45, 2.75) is 52.7 Å². The summed E-state index contributed by atoms with van der Waals surface area (Å²) >= 11 is 0. The van der Waals surface area contributed by atoms with Gasteiger partial charge in [-0.3, -0.25) is 19.6 Å². The number of carbonyl (C=O) groups is 2. The minimum absolute atomic E-state index is 0.132. The normalized spacial score (nSPS) is 16.3. The molecule has 0 saturated carbocycles. The van der Waals surface area contributed by atoms with E-state index in [2.05, 4.69) is 20.3 Å². The van der Waals surface area contributed by atoms with Crippen LogP contribution in [0.4, 0.5) is 0 Å². The van der Waals surface area contributed by atoms with Crippen LogP contribution >= 0.6 is 0 Å². The SMILES string of the molecule is CCCC(=O)N1CCn2cc(C(=O)NCc3cnc(C)cn3)nc2C1C. The van der Waals surface area contributed by atoms with E-state index >= 15 is 0 Å². The predicted molar refractivity (Wildman–Crippen MR) is 95.2 cm³/mol. The maximum atomic E-state index is 12.4. The first-order chi connectivity index (χ1) is 12.5. The Balaban J connectivity index is 1.67. The first-order valence-electron chi connectivity index (χ1n) is 8.91. The predicted octanol–water partition coefficient (Wildman–Crippen LogP) is 1.61. The highest BCUT2D eigenvalue weighted by Crippen LogP contribution is 2.25. The molecule has 0 bridgehead atoms.